The summed E-state index contributed by atoms with van der Waals surface area (Å²) in [4.78, 5) is 15.3. The second-order valence-corrected chi connectivity index (χ2v) is 4.34. The van der Waals surface area contributed by atoms with E-state index < -0.39 is 0 Å². The van der Waals surface area contributed by atoms with Crippen LogP contribution < -0.4 is 16.2 Å². The van der Waals surface area contributed by atoms with E-state index >= 15 is 0 Å². The number of H-pyrrole nitrogens is 1. The van der Waals surface area contributed by atoms with Crippen molar-refractivity contribution in [2.24, 2.45) is 5.73 Å². The third kappa shape index (κ3) is 2.35. The molecule has 0 aliphatic carbocycles. The highest BCUT2D eigenvalue weighted by Gasteiger charge is 2.21. The molecular formula is C11H17N5O2. The van der Waals surface area contributed by atoms with Gasteiger partial charge in [-0.2, -0.15) is 5.10 Å². The number of nitrogens with zero attached hydrogens (tertiary/aromatic N) is 3. The third-order valence-corrected chi connectivity index (χ3v) is 3.20. The molecule has 0 spiro atoms. The summed E-state index contributed by atoms with van der Waals surface area (Å²) < 4.78 is 6.87. The van der Waals surface area contributed by atoms with Crippen molar-refractivity contribution in [2.75, 3.05) is 6.61 Å². The van der Waals surface area contributed by atoms with Crippen molar-refractivity contribution in [3.05, 3.63) is 22.9 Å². The van der Waals surface area contributed by atoms with Crippen LogP contribution in [0, 0.1) is 0 Å². The number of aromatic amines is 1. The zero-order valence-corrected chi connectivity index (χ0v) is 10.5. The summed E-state index contributed by atoms with van der Waals surface area (Å²) in [6.07, 6.45) is 3.04. The molecule has 18 heavy (non-hydrogen) atoms. The quantitative estimate of drug-likeness (QED) is 0.797. The molecule has 0 fully saturated rings. The van der Waals surface area contributed by atoms with E-state index in [4.69, 9.17) is 10.5 Å². The summed E-state index contributed by atoms with van der Waals surface area (Å²) >= 11 is 0. The van der Waals surface area contributed by atoms with E-state index in [0.717, 1.165) is 12.8 Å². The summed E-state index contributed by atoms with van der Waals surface area (Å²) in [5.41, 5.74) is 5.94. The minimum Gasteiger partial charge on any atom is -0.476 e. The summed E-state index contributed by atoms with van der Waals surface area (Å²) in [5, 5.41) is 6.17. The minimum atomic E-state index is -0.348. The highest BCUT2D eigenvalue weighted by molar-refractivity contribution is 5.38. The summed E-state index contributed by atoms with van der Waals surface area (Å²) in [7, 11) is 0. The van der Waals surface area contributed by atoms with Gasteiger partial charge in [0.25, 0.3) is 0 Å². The molecule has 2 rings (SSSR count). The van der Waals surface area contributed by atoms with Crippen LogP contribution in [0.1, 0.15) is 26.7 Å². The van der Waals surface area contributed by atoms with Crippen molar-refractivity contribution in [3.63, 3.8) is 0 Å². The molecule has 0 atom stereocenters. The molecule has 3 N–H and O–H groups in total. The lowest BCUT2D eigenvalue weighted by Crippen LogP contribution is -2.44. The molecule has 2 aromatic rings. The van der Waals surface area contributed by atoms with Crippen LogP contribution in [-0.2, 0) is 0 Å². The van der Waals surface area contributed by atoms with Crippen molar-refractivity contribution < 1.29 is 4.74 Å². The molecule has 98 valence electrons. The highest BCUT2D eigenvalue weighted by Crippen LogP contribution is 2.14. The highest BCUT2D eigenvalue weighted by atomic mass is 16.5. The summed E-state index contributed by atoms with van der Waals surface area (Å²) in [5.74, 6) is 0.415. The fourth-order valence-corrected chi connectivity index (χ4v) is 1.54. The van der Waals surface area contributed by atoms with Crippen molar-refractivity contribution in [1.29, 1.82) is 0 Å². The van der Waals surface area contributed by atoms with E-state index in [1.54, 1.807) is 6.07 Å². The first-order valence-electron chi connectivity index (χ1n) is 5.92. The predicted molar refractivity (Wildman–Crippen MR) is 66.6 cm³/mol. The van der Waals surface area contributed by atoms with Crippen molar-refractivity contribution >= 4 is 5.65 Å². The first-order valence-corrected chi connectivity index (χ1v) is 5.92. The summed E-state index contributed by atoms with van der Waals surface area (Å²) in [6.45, 7) is 4.44. The average Bonchev–Trinajstić information content (AvgIpc) is 2.77. The molecule has 0 aromatic carbocycles. The van der Waals surface area contributed by atoms with Crippen molar-refractivity contribution in [1.82, 2.24) is 19.6 Å². The Morgan fingerprint density at radius 3 is 2.89 bits per heavy atom. The second-order valence-electron chi connectivity index (χ2n) is 4.34. The van der Waals surface area contributed by atoms with Crippen LogP contribution in [0.5, 0.6) is 5.88 Å². The van der Waals surface area contributed by atoms with Gasteiger partial charge in [0.05, 0.1) is 0 Å². The van der Waals surface area contributed by atoms with Crippen LogP contribution in [0.25, 0.3) is 5.65 Å². The van der Waals surface area contributed by atoms with E-state index in [1.165, 1.54) is 10.7 Å². The molecule has 7 heteroatoms. The number of ether oxygens (including phenoxy) is 1. The van der Waals surface area contributed by atoms with Crippen LogP contribution in [-0.4, -0.2) is 31.7 Å². The molecule has 0 amide bonds. The van der Waals surface area contributed by atoms with E-state index in [0.29, 0.717) is 18.1 Å². The molecule has 7 nitrogen and oxygen atoms in total. The van der Waals surface area contributed by atoms with Gasteiger partial charge < -0.3 is 10.5 Å². The van der Waals surface area contributed by atoms with Crippen LogP contribution in [0.4, 0.5) is 0 Å². The van der Waals surface area contributed by atoms with Gasteiger partial charge in [0.2, 0.25) is 5.88 Å². The number of hydrogen-bond acceptors (Lipinski definition) is 5. The Bertz CT molecular complexity index is 584. The zero-order valence-electron chi connectivity index (χ0n) is 10.5. The molecule has 0 saturated heterocycles. The van der Waals surface area contributed by atoms with Gasteiger partial charge in [0.15, 0.2) is 5.65 Å². The average molecular weight is 251 g/mol. The molecule has 0 aliphatic heterocycles. The van der Waals surface area contributed by atoms with Crippen LogP contribution >= 0.6 is 0 Å². The lowest BCUT2D eigenvalue weighted by atomic mass is 9.96. The predicted octanol–water partition coefficient (Wildman–Crippen LogP) is 0.314. The van der Waals surface area contributed by atoms with Crippen LogP contribution in [0.2, 0.25) is 0 Å². The van der Waals surface area contributed by atoms with Crippen molar-refractivity contribution in [2.45, 2.75) is 32.2 Å². The zero-order chi connectivity index (χ0) is 13.2. The Hall–Kier alpha value is -1.89. The lowest BCUT2D eigenvalue weighted by molar-refractivity contribution is 0.200. The largest absolute Gasteiger partial charge is 0.476 e. The maximum absolute atomic E-state index is 11.2. The smallest absolute Gasteiger partial charge is 0.348 e. The van der Waals surface area contributed by atoms with Crippen molar-refractivity contribution in [3.8, 4) is 5.88 Å². The lowest BCUT2D eigenvalue weighted by Gasteiger charge is -2.25. The van der Waals surface area contributed by atoms with Gasteiger partial charge in [-0.05, 0) is 12.8 Å². The maximum Gasteiger partial charge on any atom is 0.348 e. The van der Waals surface area contributed by atoms with Gasteiger partial charge in [0.1, 0.15) is 12.9 Å². The number of aromatic nitrogens is 4. The fraction of sp³-hybridized carbons (Fsp3) is 0.545. The van der Waals surface area contributed by atoms with E-state index in [2.05, 4.69) is 15.2 Å². The number of nitrogens with one attached hydrogen (secondary N) is 1. The molecular weight excluding hydrogens is 234 g/mol. The Kier molecular flexibility index (Phi) is 3.33. The van der Waals surface area contributed by atoms with E-state index in [1.807, 2.05) is 13.8 Å². The Morgan fingerprint density at radius 1 is 1.50 bits per heavy atom. The standard InChI is InChI=1S/C11H17N5O2/c1-3-11(12,4-2)6-18-9-5-8-14-15-10(17)16(8)7-13-9/h5,7H,3-4,6,12H2,1-2H3,(H,15,17). The van der Waals surface area contributed by atoms with Gasteiger partial charge in [-0.1, -0.05) is 13.8 Å². The molecule has 0 radical (unpaired) electrons. The fourth-order valence-electron chi connectivity index (χ4n) is 1.54. The molecule has 0 unspecified atom stereocenters. The third-order valence-electron chi connectivity index (χ3n) is 3.20. The number of rotatable bonds is 5. The topological polar surface area (TPSA) is 98.3 Å². The number of hydrogen-bond donors (Lipinski definition) is 2. The van der Waals surface area contributed by atoms with Crippen LogP contribution in [0.15, 0.2) is 17.2 Å². The first kappa shape index (κ1) is 12.6. The monoisotopic (exact) mass is 251 g/mol. The van der Waals surface area contributed by atoms with E-state index in [9.17, 15) is 4.79 Å². The van der Waals surface area contributed by atoms with E-state index in [-0.39, 0.29) is 11.2 Å². The van der Waals surface area contributed by atoms with Gasteiger partial charge in [-0.15, -0.1) is 0 Å². The Morgan fingerprint density at radius 2 is 2.22 bits per heavy atom. The Balaban J connectivity index is 2.15. The maximum atomic E-state index is 11.2. The number of nitrogens with two attached hydrogens (primary N) is 1. The molecule has 0 aliphatic rings. The summed E-state index contributed by atoms with van der Waals surface area (Å²) in [6, 6.07) is 1.60. The van der Waals surface area contributed by atoms with Gasteiger partial charge in [-0.25, -0.2) is 19.3 Å². The molecule has 2 heterocycles. The SMILES string of the molecule is CCC(N)(CC)COc1cc2n[nH]c(=O)n2cn1. The molecule has 0 bridgehead atoms. The molecule has 0 saturated carbocycles. The Labute approximate surface area is 104 Å². The molecule has 2 aromatic heterocycles. The van der Waals surface area contributed by atoms with Gasteiger partial charge >= 0.3 is 5.69 Å². The van der Waals surface area contributed by atoms with Gasteiger partial charge in [-0.3, -0.25) is 0 Å². The van der Waals surface area contributed by atoms with Gasteiger partial charge in [0, 0.05) is 11.6 Å². The van der Waals surface area contributed by atoms with Crippen LogP contribution in [0.3, 0.4) is 0 Å². The number of fused-ring (bicyclic) bond motifs is 1. The minimum absolute atomic E-state index is 0.320. The second kappa shape index (κ2) is 4.77. The normalized spacial score (nSPS) is 11.9. The first-order chi connectivity index (χ1) is 8.58.